The summed E-state index contributed by atoms with van der Waals surface area (Å²) in [5.74, 6) is 0.359. The first-order valence-corrected chi connectivity index (χ1v) is 18.7. The molecule has 249 valence electrons. The number of nitrogens with one attached hydrogen (secondary N) is 2. The molecule has 2 aliphatic heterocycles. The molecule has 2 aromatic heterocycles. The fourth-order valence-electron chi connectivity index (χ4n) is 5.47. The Morgan fingerprint density at radius 3 is 2.64 bits per heavy atom. The Bertz CT molecular complexity index is 1630. The number of aromatic nitrogens is 3. The first-order valence-electron chi connectivity index (χ1n) is 15.8. The molecule has 0 spiro atoms. The van der Waals surface area contributed by atoms with E-state index in [4.69, 9.17) is 13.9 Å². The summed E-state index contributed by atoms with van der Waals surface area (Å²) in [6.07, 6.45) is 4.93. The van der Waals surface area contributed by atoms with Crippen molar-refractivity contribution in [1.29, 1.82) is 0 Å². The highest BCUT2D eigenvalue weighted by molar-refractivity contribution is 6.74. The number of amides is 1. The molecule has 1 amide bonds. The molecule has 5 rings (SSSR count). The number of halogens is 1. The monoisotopic (exact) mass is 661 g/mol. The van der Waals surface area contributed by atoms with Gasteiger partial charge in [-0.25, -0.2) is 19.3 Å². The molecule has 0 aliphatic carbocycles. The Balaban J connectivity index is 1.40. The van der Waals surface area contributed by atoms with E-state index in [0.717, 1.165) is 30.8 Å². The average Bonchev–Trinajstić information content (AvgIpc) is 3.32. The Morgan fingerprint density at radius 1 is 1.21 bits per heavy atom. The van der Waals surface area contributed by atoms with E-state index in [1.54, 1.807) is 24.4 Å². The molecule has 2 aliphatic rings. The van der Waals surface area contributed by atoms with Crippen LogP contribution < -0.4 is 20.2 Å². The zero-order valence-corrected chi connectivity index (χ0v) is 29.1. The van der Waals surface area contributed by atoms with E-state index in [-0.39, 0.29) is 28.6 Å². The second kappa shape index (κ2) is 13.7. The Hall–Kier alpha value is -3.88. The van der Waals surface area contributed by atoms with Crippen molar-refractivity contribution < 1.29 is 27.9 Å². The molecule has 1 atom stereocenters. The van der Waals surface area contributed by atoms with Gasteiger partial charge in [0.1, 0.15) is 23.4 Å². The van der Waals surface area contributed by atoms with Crippen LogP contribution in [0.25, 0.3) is 11.3 Å². The number of hydrogen-bond donors (Lipinski definition) is 2. The lowest BCUT2D eigenvalue weighted by molar-refractivity contribution is 0.0696. The predicted molar refractivity (Wildman–Crippen MR) is 183 cm³/mol. The van der Waals surface area contributed by atoms with Gasteiger partial charge in [0, 0.05) is 60.7 Å². The molecule has 0 bridgehead atoms. The maximum atomic E-state index is 15.3. The number of ether oxygens (including phenoxy) is 2. The second-order valence-corrected chi connectivity index (χ2v) is 18.7. The van der Waals surface area contributed by atoms with Crippen LogP contribution in [0.15, 0.2) is 36.7 Å². The third kappa shape index (κ3) is 7.49. The van der Waals surface area contributed by atoms with Crippen LogP contribution in [0.3, 0.4) is 0 Å². The number of anilines is 3. The van der Waals surface area contributed by atoms with Gasteiger partial charge in [-0.05, 0) is 55.2 Å². The molecule has 14 heteroatoms. The lowest BCUT2D eigenvalue weighted by atomic mass is 9.85. The highest BCUT2D eigenvalue weighted by Gasteiger charge is 2.44. The summed E-state index contributed by atoms with van der Waals surface area (Å²) in [7, 11) is 0.882. The normalized spacial score (nSPS) is 18.4. The van der Waals surface area contributed by atoms with Crippen molar-refractivity contribution in [1.82, 2.24) is 20.3 Å². The Labute approximate surface area is 277 Å². The van der Waals surface area contributed by atoms with Crippen LogP contribution in [0.5, 0.6) is 5.75 Å². The van der Waals surface area contributed by atoms with E-state index in [1.165, 1.54) is 14.5 Å². The van der Waals surface area contributed by atoms with Gasteiger partial charge in [-0.2, -0.15) is 0 Å². The predicted octanol–water partition coefficient (Wildman–Crippen LogP) is 5.25. The van der Waals surface area contributed by atoms with Crippen molar-refractivity contribution >= 4 is 45.3 Å². The van der Waals surface area contributed by atoms with E-state index in [2.05, 4.69) is 66.4 Å². The van der Waals surface area contributed by atoms with Gasteiger partial charge in [0.2, 0.25) is 5.95 Å². The van der Waals surface area contributed by atoms with Gasteiger partial charge in [0.25, 0.3) is 5.91 Å². The van der Waals surface area contributed by atoms with Crippen molar-refractivity contribution in [2.45, 2.75) is 70.1 Å². The number of methoxy groups -OCH3 is 1. The van der Waals surface area contributed by atoms with E-state index in [0.29, 0.717) is 54.7 Å². The van der Waals surface area contributed by atoms with Crippen LogP contribution in [-0.4, -0.2) is 82.3 Å². The zero-order chi connectivity index (χ0) is 34.0. The molecule has 1 fully saturated rings. The lowest BCUT2D eigenvalue weighted by Gasteiger charge is -2.39. The molecule has 0 saturated carbocycles. The summed E-state index contributed by atoms with van der Waals surface area (Å²) in [4.78, 5) is 39.5. The summed E-state index contributed by atoms with van der Waals surface area (Å²) in [6.45, 7) is 15.2. The van der Waals surface area contributed by atoms with Gasteiger partial charge in [-0.15, -0.1) is 0 Å². The molecule has 2 N–H and O–H groups in total. The summed E-state index contributed by atoms with van der Waals surface area (Å²) >= 11 is 0. The molecule has 1 aromatic carbocycles. The van der Waals surface area contributed by atoms with Crippen molar-refractivity contribution in [2.24, 2.45) is 0 Å². The fraction of sp³-hybridized carbons (Fsp3) is 0.485. The van der Waals surface area contributed by atoms with Gasteiger partial charge in [-0.3, -0.25) is 4.79 Å². The molecule has 4 heterocycles. The maximum Gasteiger partial charge on any atom is 0.330 e. The number of rotatable bonds is 11. The van der Waals surface area contributed by atoms with Crippen LogP contribution in [0.4, 0.5) is 21.8 Å². The second-order valence-electron chi connectivity index (χ2n) is 13.9. The molecule has 1 unspecified atom stereocenters. The van der Waals surface area contributed by atoms with Crippen LogP contribution in [0.1, 0.15) is 56.5 Å². The van der Waals surface area contributed by atoms with Crippen molar-refractivity contribution in [3.63, 3.8) is 0 Å². The van der Waals surface area contributed by atoms with E-state index < -0.39 is 19.5 Å². The molecule has 47 heavy (non-hydrogen) atoms. The van der Waals surface area contributed by atoms with Crippen LogP contribution in [-0.2, 0) is 19.4 Å². The van der Waals surface area contributed by atoms with Crippen molar-refractivity contribution in [2.75, 3.05) is 43.6 Å². The van der Waals surface area contributed by atoms with Crippen LogP contribution in [0, 0.1) is 5.82 Å². The number of fused-ring (bicyclic) bond motifs is 1. The minimum absolute atomic E-state index is 0.0210. The highest BCUT2D eigenvalue weighted by atomic mass is 28.4. The number of pyridine rings is 1. The minimum atomic E-state index is -2.09. The molecule has 3 aromatic rings. The van der Waals surface area contributed by atoms with Gasteiger partial charge in [0.05, 0.1) is 19.0 Å². The quantitative estimate of drug-likeness (QED) is 0.208. The topological polar surface area (TPSA) is 128 Å². The summed E-state index contributed by atoms with van der Waals surface area (Å²) in [6, 6.07) is 6.96. The SMILES string of the molecule is COc1cc(C(=O)NC2CCOCC2)ccc1Nc1ncc(F)c(-c2cnc3c(c2)C(C)(CO[Si](C)(C)C(C)(C)C)CN3[B]C=O)n1. The molecule has 1 radical (unpaired) electrons. The first kappa shape index (κ1) is 34.5. The lowest BCUT2D eigenvalue weighted by Crippen LogP contribution is -2.46. The van der Waals surface area contributed by atoms with Crippen LogP contribution >= 0.6 is 0 Å². The number of carbonyl (C=O) groups is 2. The maximum absolute atomic E-state index is 15.3. The Kier molecular flexibility index (Phi) is 10.0. The van der Waals surface area contributed by atoms with Gasteiger partial charge in [0.15, 0.2) is 14.1 Å². The number of hydrogen-bond acceptors (Lipinski definition) is 10. The van der Waals surface area contributed by atoms with Gasteiger partial charge < -0.3 is 34.1 Å². The van der Waals surface area contributed by atoms with Crippen molar-refractivity contribution in [3.05, 3.63) is 53.6 Å². The molecular formula is C33H43BFN6O5Si. The van der Waals surface area contributed by atoms with E-state index in [9.17, 15) is 9.59 Å². The van der Waals surface area contributed by atoms with Gasteiger partial charge in [-0.1, -0.05) is 27.7 Å². The fourth-order valence-corrected chi connectivity index (χ4v) is 6.58. The van der Waals surface area contributed by atoms with Crippen molar-refractivity contribution in [3.8, 4) is 17.0 Å². The molecule has 1 saturated heterocycles. The number of carbonyl (C=O) groups excluding carboxylic acids is 2. The Morgan fingerprint density at radius 2 is 1.96 bits per heavy atom. The van der Waals surface area contributed by atoms with Gasteiger partial charge >= 0.3 is 7.41 Å². The van der Waals surface area contributed by atoms with E-state index in [1.807, 2.05) is 10.9 Å². The zero-order valence-electron chi connectivity index (χ0n) is 28.1. The largest absolute Gasteiger partial charge is 0.495 e. The molecular weight excluding hydrogens is 618 g/mol. The number of benzene rings is 1. The van der Waals surface area contributed by atoms with E-state index >= 15 is 4.39 Å². The summed E-state index contributed by atoms with van der Waals surface area (Å²) < 4.78 is 32.9. The summed E-state index contributed by atoms with van der Waals surface area (Å²) in [5.41, 5.74) is 1.82. The third-order valence-electron chi connectivity index (χ3n) is 9.39. The first-order chi connectivity index (χ1) is 22.2. The summed E-state index contributed by atoms with van der Waals surface area (Å²) in [5, 5.41) is 6.17. The minimum Gasteiger partial charge on any atom is -0.495 e. The smallest absolute Gasteiger partial charge is 0.330 e. The highest BCUT2D eigenvalue weighted by Crippen LogP contribution is 2.44. The third-order valence-corrected chi connectivity index (χ3v) is 13.9. The average molecular weight is 662 g/mol. The molecule has 11 nitrogen and oxygen atoms in total. The van der Waals surface area contributed by atoms with Crippen LogP contribution in [0.2, 0.25) is 18.1 Å². The standard InChI is InChI=1S/C33H43BFN6O5Si/c1-32(2,3)47(6,7)46-19-33(4)18-41(34-20-42)29-24(33)14-22(16-36-29)28-25(35)17-37-31(40-28)39-26-9-8-21(15-27(26)44-5)30(43)38-23-10-12-45-13-11-23/h8-9,14-17,20,23H,10-13,18-19H2,1-7H3,(H,38,43)(H,37,39,40). The number of nitrogens with zero attached hydrogens (tertiary/aromatic N) is 4.